The molecule has 6 nitrogen and oxygen atoms in total. The number of halogens is 1. The summed E-state index contributed by atoms with van der Waals surface area (Å²) < 4.78 is 7.35. The van der Waals surface area contributed by atoms with E-state index in [0.29, 0.717) is 6.61 Å². The van der Waals surface area contributed by atoms with Crippen molar-refractivity contribution in [2.45, 2.75) is 50.0 Å². The van der Waals surface area contributed by atoms with Gasteiger partial charge in [0.25, 0.3) is 0 Å². The number of nitrogens with two attached hydrogens (primary N) is 2. The van der Waals surface area contributed by atoms with Crippen molar-refractivity contribution in [3.8, 4) is 0 Å². The SMILES string of the molecule is NC(=O)[C@@]1([C@H]2CC[C@@H](CN3CCCC3)OC2)[C@@H]2C=C[C@@H](C23CC3)[C@@]1(C(N)=O)c1ccc(Br)cc1. The van der Waals surface area contributed by atoms with Gasteiger partial charge in [-0.2, -0.15) is 0 Å². The summed E-state index contributed by atoms with van der Waals surface area (Å²) in [5.41, 5.74) is 11.2. The molecule has 1 spiro atoms. The van der Waals surface area contributed by atoms with Crippen molar-refractivity contribution in [1.29, 1.82) is 0 Å². The third-order valence-corrected chi connectivity index (χ3v) is 10.5. The van der Waals surface area contributed by atoms with Gasteiger partial charge in [0, 0.05) is 16.9 Å². The Balaban J connectivity index is 1.43. The summed E-state index contributed by atoms with van der Waals surface area (Å²) in [7, 11) is 0. The molecule has 6 rings (SSSR count). The number of allylic oxidation sites excluding steroid dienone is 2. The van der Waals surface area contributed by atoms with Gasteiger partial charge in [-0.1, -0.05) is 40.2 Å². The van der Waals surface area contributed by atoms with Crippen molar-refractivity contribution in [2.75, 3.05) is 26.2 Å². The summed E-state index contributed by atoms with van der Waals surface area (Å²) in [6.07, 6.45) is 10.7. The van der Waals surface area contributed by atoms with Crippen LogP contribution >= 0.6 is 15.9 Å². The topological polar surface area (TPSA) is 98.7 Å². The van der Waals surface area contributed by atoms with E-state index in [1.54, 1.807) is 0 Å². The third-order valence-electron chi connectivity index (χ3n) is 9.94. The van der Waals surface area contributed by atoms with E-state index in [2.05, 4.69) is 33.0 Å². The summed E-state index contributed by atoms with van der Waals surface area (Å²) in [6.45, 7) is 3.67. The smallest absolute Gasteiger partial charge is 0.229 e. The van der Waals surface area contributed by atoms with E-state index in [9.17, 15) is 9.59 Å². The predicted octanol–water partition coefficient (Wildman–Crippen LogP) is 3.13. The summed E-state index contributed by atoms with van der Waals surface area (Å²) >= 11 is 3.52. The number of hydrogen-bond acceptors (Lipinski definition) is 4. The number of rotatable bonds is 6. The monoisotopic (exact) mass is 527 g/mol. The zero-order valence-corrected chi connectivity index (χ0v) is 21.1. The minimum absolute atomic E-state index is 0.0811. The van der Waals surface area contributed by atoms with E-state index in [-0.39, 0.29) is 29.3 Å². The molecule has 6 atom stereocenters. The first-order valence-electron chi connectivity index (χ1n) is 12.8. The minimum Gasteiger partial charge on any atom is -0.377 e. The van der Waals surface area contributed by atoms with Crippen molar-refractivity contribution in [2.24, 2.45) is 40.1 Å². The Hall–Kier alpha value is -1.70. The molecule has 0 aromatic heterocycles. The van der Waals surface area contributed by atoms with E-state index in [1.807, 2.05) is 24.3 Å². The zero-order chi connectivity index (χ0) is 23.7. The van der Waals surface area contributed by atoms with E-state index in [4.69, 9.17) is 16.2 Å². The predicted molar refractivity (Wildman–Crippen MR) is 133 cm³/mol. The first-order chi connectivity index (χ1) is 16.4. The van der Waals surface area contributed by atoms with Crippen molar-refractivity contribution < 1.29 is 14.3 Å². The van der Waals surface area contributed by atoms with Crippen LogP contribution < -0.4 is 11.5 Å². The van der Waals surface area contributed by atoms with Crippen LogP contribution in [0.15, 0.2) is 40.9 Å². The van der Waals surface area contributed by atoms with Crippen LogP contribution in [0.1, 0.15) is 44.1 Å². The molecule has 7 heteroatoms. The van der Waals surface area contributed by atoms with Gasteiger partial charge >= 0.3 is 0 Å². The summed E-state index contributed by atoms with van der Waals surface area (Å²) in [6, 6.07) is 7.78. The van der Waals surface area contributed by atoms with Gasteiger partial charge in [-0.3, -0.25) is 9.59 Å². The van der Waals surface area contributed by atoms with Crippen LogP contribution in [0.25, 0.3) is 0 Å². The highest BCUT2D eigenvalue weighted by molar-refractivity contribution is 9.10. The van der Waals surface area contributed by atoms with Crippen LogP contribution in [0, 0.1) is 28.6 Å². The van der Waals surface area contributed by atoms with Gasteiger partial charge in [0.2, 0.25) is 11.8 Å². The molecule has 2 amide bonds. The first-order valence-corrected chi connectivity index (χ1v) is 13.5. The maximum Gasteiger partial charge on any atom is 0.229 e. The molecule has 1 aromatic rings. The van der Waals surface area contributed by atoms with Crippen LogP contribution in [0.4, 0.5) is 0 Å². The van der Waals surface area contributed by atoms with E-state index in [0.717, 1.165) is 55.4 Å². The van der Waals surface area contributed by atoms with Crippen molar-refractivity contribution in [1.82, 2.24) is 4.90 Å². The van der Waals surface area contributed by atoms with Gasteiger partial charge in [-0.15, -0.1) is 0 Å². The number of benzene rings is 1. The molecule has 182 valence electrons. The van der Waals surface area contributed by atoms with E-state index < -0.39 is 22.6 Å². The lowest BCUT2D eigenvalue weighted by Crippen LogP contribution is -2.66. The molecule has 2 saturated heterocycles. The largest absolute Gasteiger partial charge is 0.377 e. The fourth-order valence-corrected chi connectivity index (χ4v) is 8.83. The Morgan fingerprint density at radius 3 is 2.24 bits per heavy atom. The van der Waals surface area contributed by atoms with Crippen LogP contribution in [0.2, 0.25) is 0 Å². The van der Waals surface area contributed by atoms with Gasteiger partial charge < -0.3 is 21.1 Å². The highest BCUT2D eigenvalue weighted by Crippen LogP contribution is 2.81. The average molecular weight is 528 g/mol. The molecule has 4 N–H and O–H groups in total. The maximum atomic E-state index is 13.8. The Bertz CT molecular complexity index is 1020. The highest BCUT2D eigenvalue weighted by atomic mass is 79.9. The van der Waals surface area contributed by atoms with Gasteiger partial charge in [0.05, 0.1) is 23.5 Å². The maximum absolute atomic E-state index is 13.8. The molecule has 4 fully saturated rings. The molecule has 2 bridgehead atoms. The summed E-state index contributed by atoms with van der Waals surface area (Å²) in [5.74, 6) is -1.17. The van der Waals surface area contributed by atoms with Gasteiger partial charge in [0.15, 0.2) is 0 Å². The Morgan fingerprint density at radius 1 is 1.00 bits per heavy atom. The molecule has 2 saturated carbocycles. The lowest BCUT2D eigenvalue weighted by Gasteiger charge is -2.53. The quantitative estimate of drug-likeness (QED) is 0.555. The second-order valence-electron chi connectivity index (χ2n) is 11.2. The number of ether oxygens (including phenoxy) is 1. The number of amides is 2. The Kier molecular flexibility index (Phi) is 5.29. The number of primary amides is 2. The lowest BCUT2D eigenvalue weighted by atomic mass is 9.48. The number of carbonyl (C=O) groups is 2. The van der Waals surface area contributed by atoms with Crippen LogP contribution in [-0.4, -0.2) is 49.1 Å². The van der Waals surface area contributed by atoms with Crippen LogP contribution in [0.5, 0.6) is 0 Å². The highest BCUT2D eigenvalue weighted by Gasteiger charge is 2.84. The van der Waals surface area contributed by atoms with E-state index in [1.165, 1.54) is 12.8 Å². The number of hydrogen-bond donors (Lipinski definition) is 2. The Labute approximate surface area is 209 Å². The summed E-state index contributed by atoms with van der Waals surface area (Å²) in [5, 5.41) is 0. The molecular weight excluding hydrogens is 494 g/mol. The molecular formula is C27H34BrN3O3. The van der Waals surface area contributed by atoms with Gasteiger partial charge in [-0.25, -0.2) is 0 Å². The number of likely N-dealkylation sites (tertiary alicyclic amines) is 1. The second kappa shape index (κ2) is 7.90. The fourth-order valence-electron chi connectivity index (χ4n) is 8.57. The van der Waals surface area contributed by atoms with Crippen molar-refractivity contribution in [3.05, 3.63) is 46.5 Å². The average Bonchev–Trinajstić information content (AvgIpc) is 3.19. The van der Waals surface area contributed by atoms with Crippen molar-refractivity contribution >= 4 is 27.7 Å². The lowest BCUT2D eigenvalue weighted by molar-refractivity contribution is -0.157. The molecule has 2 aliphatic heterocycles. The van der Waals surface area contributed by atoms with Crippen LogP contribution in [-0.2, 0) is 19.7 Å². The molecule has 1 aromatic carbocycles. The van der Waals surface area contributed by atoms with Crippen LogP contribution in [0.3, 0.4) is 0 Å². The van der Waals surface area contributed by atoms with Crippen molar-refractivity contribution in [3.63, 3.8) is 0 Å². The summed E-state index contributed by atoms with van der Waals surface area (Å²) in [4.78, 5) is 29.9. The number of carbonyl (C=O) groups excluding carboxylic acids is 2. The zero-order valence-electron chi connectivity index (χ0n) is 19.5. The third kappa shape index (κ3) is 2.80. The second-order valence-corrected chi connectivity index (χ2v) is 12.1. The molecule has 3 aliphatic carbocycles. The fraction of sp³-hybridized carbons (Fsp3) is 0.630. The Morgan fingerprint density at radius 2 is 1.68 bits per heavy atom. The molecule has 2 heterocycles. The van der Waals surface area contributed by atoms with E-state index >= 15 is 0 Å². The molecule has 34 heavy (non-hydrogen) atoms. The normalized spacial score (nSPS) is 40.1. The first kappa shape index (κ1) is 22.7. The molecule has 5 aliphatic rings. The standard InChI is InChI=1S/C27H34BrN3O3/c28-19-6-3-17(4-7-19)26(23(29)32)21-9-10-22(25(21)11-12-25)27(26,24(30)33)18-5-8-20(34-16-18)15-31-13-1-2-14-31/h3-4,6-7,9-10,18,20-22H,1-2,5,8,11-16H2,(H2,29,32)(H2,30,33)/t18-,20-,21-,22+,26+,27+/m0/s1. The van der Waals surface area contributed by atoms with Gasteiger partial charge in [-0.05, 0) is 86.6 Å². The number of nitrogens with zero attached hydrogens (tertiary/aromatic N) is 1. The minimum atomic E-state index is -1.16. The molecule has 0 unspecified atom stereocenters. The van der Waals surface area contributed by atoms with Gasteiger partial charge in [0.1, 0.15) is 0 Å². The molecule has 0 radical (unpaired) electrons.